The quantitative estimate of drug-likeness (QED) is 0.440. The van der Waals surface area contributed by atoms with Gasteiger partial charge in [-0.2, -0.15) is 0 Å². The lowest BCUT2D eigenvalue weighted by molar-refractivity contribution is -0.134. The maximum atomic E-state index is 11.7. The normalized spacial score (nSPS) is 17.5. The molecule has 1 saturated heterocycles. The van der Waals surface area contributed by atoms with Crippen molar-refractivity contribution in [3.05, 3.63) is 0 Å². The number of nitrogens with zero attached hydrogens (tertiary/aromatic N) is 2. The van der Waals surface area contributed by atoms with Crippen LogP contribution in [-0.2, 0) is 9.53 Å². The lowest BCUT2D eigenvalue weighted by atomic mass is 10.4. The Morgan fingerprint density at radius 1 is 1.47 bits per heavy atom. The van der Waals surface area contributed by atoms with Crippen LogP contribution in [0.2, 0.25) is 0 Å². The topological polar surface area (TPSA) is 66.0 Å². The second-order valence-corrected chi connectivity index (χ2v) is 3.17. The van der Waals surface area contributed by atoms with Gasteiger partial charge in [0, 0.05) is 27.2 Å². The summed E-state index contributed by atoms with van der Waals surface area (Å²) in [5.41, 5.74) is 0. The van der Waals surface area contributed by atoms with E-state index >= 15 is 0 Å². The van der Waals surface area contributed by atoms with Gasteiger partial charge in [-0.1, -0.05) is 0 Å². The Kier molecular flexibility index (Phi) is 4.89. The first-order valence-corrected chi connectivity index (χ1v) is 5.02. The molecular formula is C9H18N4O2. The molecule has 0 aliphatic carbocycles. The van der Waals surface area contributed by atoms with Crippen molar-refractivity contribution in [1.29, 1.82) is 0 Å². The Morgan fingerprint density at radius 2 is 2.13 bits per heavy atom. The minimum atomic E-state index is 0.0784. The highest BCUT2D eigenvalue weighted by Gasteiger charge is 2.16. The molecule has 0 aromatic heterocycles. The Morgan fingerprint density at radius 3 is 2.67 bits per heavy atom. The molecule has 0 aromatic carbocycles. The third-order valence-electron chi connectivity index (χ3n) is 2.23. The maximum absolute atomic E-state index is 11.7. The standard InChI is InChI=1S/C9H18N4O2/c1-10-9(11-2)12-7-8(14)13-3-5-15-6-4-13/h3-7H2,1-2H3,(H2,10,11,12). The molecule has 6 nitrogen and oxygen atoms in total. The SMILES string of the molecule is CN=C(NC)NCC(=O)N1CCOCC1. The van der Waals surface area contributed by atoms with Crippen molar-refractivity contribution in [3.8, 4) is 0 Å². The number of morpholine rings is 1. The average Bonchev–Trinajstić information content (AvgIpc) is 2.31. The zero-order valence-corrected chi connectivity index (χ0v) is 9.25. The van der Waals surface area contributed by atoms with E-state index in [0.717, 1.165) is 0 Å². The Balaban J connectivity index is 2.28. The smallest absolute Gasteiger partial charge is 0.242 e. The van der Waals surface area contributed by atoms with E-state index in [-0.39, 0.29) is 12.5 Å². The summed E-state index contributed by atoms with van der Waals surface area (Å²) in [5, 5.41) is 5.78. The minimum Gasteiger partial charge on any atom is -0.378 e. The Bertz CT molecular complexity index is 236. The number of hydrogen-bond acceptors (Lipinski definition) is 3. The number of amides is 1. The third-order valence-corrected chi connectivity index (χ3v) is 2.23. The summed E-state index contributed by atoms with van der Waals surface area (Å²) in [6.07, 6.45) is 0. The van der Waals surface area contributed by atoms with E-state index in [1.165, 1.54) is 0 Å². The fourth-order valence-electron chi connectivity index (χ4n) is 1.36. The predicted octanol–water partition coefficient (Wildman–Crippen LogP) is -1.36. The average molecular weight is 214 g/mol. The van der Waals surface area contributed by atoms with Crippen molar-refractivity contribution in [2.24, 2.45) is 4.99 Å². The number of carbonyl (C=O) groups excluding carboxylic acids is 1. The summed E-state index contributed by atoms with van der Waals surface area (Å²) in [7, 11) is 3.42. The zero-order chi connectivity index (χ0) is 11.1. The van der Waals surface area contributed by atoms with Crippen LogP contribution in [0.25, 0.3) is 0 Å². The van der Waals surface area contributed by atoms with Crippen LogP contribution in [0.15, 0.2) is 4.99 Å². The van der Waals surface area contributed by atoms with Crippen LogP contribution in [0, 0.1) is 0 Å². The second-order valence-electron chi connectivity index (χ2n) is 3.17. The van der Waals surface area contributed by atoms with E-state index < -0.39 is 0 Å². The van der Waals surface area contributed by atoms with Crippen LogP contribution >= 0.6 is 0 Å². The zero-order valence-electron chi connectivity index (χ0n) is 9.25. The van der Waals surface area contributed by atoms with Gasteiger partial charge in [0.1, 0.15) is 0 Å². The van der Waals surface area contributed by atoms with Crippen LogP contribution in [-0.4, -0.2) is 63.7 Å². The molecule has 1 heterocycles. The molecule has 2 N–H and O–H groups in total. The molecule has 1 rings (SSSR count). The molecule has 1 aliphatic heterocycles. The monoisotopic (exact) mass is 214 g/mol. The van der Waals surface area contributed by atoms with E-state index in [1.807, 2.05) is 0 Å². The van der Waals surface area contributed by atoms with Crippen molar-refractivity contribution < 1.29 is 9.53 Å². The van der Waals surface area contributed by atoms with Crippen molar-refractivity contribution in [2.75, 3.05) is 46.9 Å². The number of carbonyl (C=O) groups is 1. The van der Waals surface area contributed by atoms with Gasteiger partial charge in [0.2, 0.25) is 5.91 Å². The number of rotatable bonds is 2. The molecule has 0 spiro atoms. The Labute approximate surface area is 89.7 Å². The fourth-order valence-corrected chi connectivity index (χ4v) is 1.36. The largest absolute Gasteiger partial charge is 0.378 e. The van der Waals surface area contributed by atoms with E-state index in [9.17, 15) is 4.79 Å². The number of ether oxygens (including phenoxy) is 1. The van der Waals surface area contributed by atoms with Crippen molar-refractivity contribution in [1.82, 2.24) is 15.5 Å². The minimum absolute atomic E-state index is 0.0784. The van der Waals surface area contributed by atoms with Gasteiger partial charge in [0.15, 0.2) is 5.96 Å². The molecule has 15 heavy (non-hydrogen) atoms. The highest BCUT2D eigenvalue weighted by Crippen LogP contribution is 1.96. The molecular weight excluding hydrogens is 196 g/mol. The van der Waals surface area contributed by atoms with Crippen LogP contribution in [0.4, 0.5) is 0 Å². The molecule has 0 atom stereocenters. The molecule has 0 aromatic rings. The molecule has 86 valence electrons. The number of guanidine groups is 1. The summed E-state index contributed by atoms with van der Waals surface area (Å²) >= 11 is 0. The molecule has 0 bridgehead atoms. The molecule has 1 aliphatic rings. The summed E-state index contributed by atoms with van der Waals surface area (Å²) in [5.74, 6) is 0.700. The number of aliphatic imine (C=N–C) groups is 1. The van der Waals surface area contributed by atoms with Crippen LogP contribution < -0.4 is 10.6 Å². The first kappa shape index (κ1) is 11.8. The van der Waals surface area contributed by atoms with Crippen LogP contribution in [0.1, 0.15) is 0 Å². The molecule has 1 amide bonds. The molecule has 1 fully saturated rings. The first-order valence-electron chi connectivity index (χ1n) is 5.02. The van der Waals surface area contributed by atoms with Crippen molar-refractivity contribution in [2.45, 2.75) is 0 Å². The first-order chi connectivity index (χ1) is 7.27. The second kappa shape index (κ2) is 6.23. The summed E-state index contributed by atoms with van der Waals surface area (Å²) < 4.78 is 5.17. The highest BCUT2D eigenvalue weighted by molar-refractivity contribution is 5.86. The van der Waals surface area contributed by atoms with Gasteiger partial charge in [-0.3, -0.25) is 9.79 Å². The molecule has 0 saturated carbocycles. The number of nitrogens with one attached hydrogen (secondary N) is 2. The highest BCUT2D eigenvalue weighted by atomic mass is 16.5. The van der Waals surface area contributed by atoms with Crippen LogP contribution in [0.3, 0.4) is 0 Å². The van der Waals surface area contributed by atoms with Gasteiger partial charge in [-0.25, -0.2) is 0 Å². The lowest BCUT2D eigenvalue weighted by Gasteiger charge is -2.27. The summed E-state index contributed by atoms with van der Waals surface area (Å²) in [6.45, 7) is 2.89. The van der Waals surface area contributed by atoms with Gasteiger partial charge < -0.3 is 20.3 Å². The van der Waals surface area contributed by atoms with E-state index in [1.54, 1.807) is 19.0 Å². The van der Waals surface area contributed by atoms with Crippen molar-refractivity contribution >= 4 is 11.9 Å². The van der Waals surface area contributed by atoms with E-state index in [0.29, 0.717) is 32.3 Å². The molecule has 6 heteroatoms. The number of hydrogen-bond donors (Lipinski definition) is 2. The lowest BCUT2D eigenvalue weighted by Crippen LogP contribution is -2.47. The van der Waals surface area contributed by atoms with Crippen LogP contribution in [0.5, 0.6) is 0 Å². The molecule has 0 unspecified atom stereocenters. The van der Waals surface area contributed by atoms with Gasteiger partial charge >= 0.3 is 0 Å². The summed E-state index contributed by atoms with van der Waals surface area (Å²) in [6, 6.07) is 0. The predicted molar refractivity (Wildman–Crippen MR) is 57.8 cm³/mol. The Hall–Kier alpha value is -1.30. The molecule has 0 radical (unpaired) electrons. The fraction of sp³-hybridized carbons (Fsp3) is 0.778. The van der Waals surface area contributed by atoms with Gasteiger partial charge in [-0.15, -0.1) is 0 Å². The maximum Gasteiger partial charge on any atom is 0.242 e. The van der Waals surface area contributed by atoms with E-state index in [4.69, 9.17) is 4.74 Å². The van der Waals surface area contributed by atoms with Gasteiger partial charge in [0.05, 0.1) is 19.8 Å². The summed E-state index contributed by atoms with van der Waals surface area (Å²) in [4.78, 5) is 17.4. The van der Waals surface area contributed by atoms with Gasteiger partial charge in [0.25, 0.3) is 0 Å². The third kappa shape index (κ3) is 3.75. The van der Waals surface area contributed by atoms with E-state index in [2.05, 4.69) is 15.6 Å². The van der Waals surface area contributed by atoms with Gasteiger partial charge in [-0.05, 0) is 0 Å². The van der Waals surface area contributed by atoms with Crippen molar-refractivity contribution in [3.63, 3.8) is 0 Å².